The summed E-state index contributed by atoms with van der Waals surface area (Å²) in [5, 5.41) is 0.906. The third-order valence-corrected chi connectivity index (χ3v) is 4.56. The standard InChI is InChI=1S/C20H18N2O2/c1-12-7-5-6-8-15(12)18-16-9-13(2)14(3)10-17(16)22(4)20(24)19(18)21-11-23/h5-10H,1-4H3. The van der Waals surface area contributed by atoms with Crippen molar-refractivity contribution in [3.63, 3.8) is 0 Å². The number of fused-ring (bicyclic) bond motifs is 1. The van der Waals surface area contributed by atoms with Crippen molar-refractivity contribution in [3.05, 3.63) is 63.4 Å². The average Bonchev–Trinajstić information content (AvgIpc) is 2.56. The Morgan fingerprint density at radius 1 is 1.00 bits per heavy atom. The predicted molar refractivity (Wildman–Crippen MR) is 96.6 cm³/mol. The average molecular weight is 318 g/mol. The molecule has 120 valence electrons. The van der Waals surface area contributed by atoms with Crippen LogP contribution in [-0.4, -0.2) is 10.6 Å². The molecule has 0 fully saturated rings. The van der Waals surface area contributed by atoms with E-state index in [0.717, 1.165) is 33.2 Å². The fraction of sp³-hybridized carbons (Fsp3) is 0.200. The van der Waals surface area contributed by atoms with Gasteiger partial charge >= 0.3 is 0 Å². The molecule has 0 amide bonds. The molecule has 0 aliphatic heterocycles. The SMILES string of the molecule is Cc1cc2c(-c3ccccc3C)c(N=C=O)c(=O)n(C)c2cc1C. The number of rotatable bonds is 2. The van der Waals surface area contributed by atoms with Crippen LogP contribution >= 0.6 is 0 Å². The Morgan fingerprint density at radius 3 is 2.33 bits per heavy atom. The summed E-state index contributed by atoms with van der Waals surface area (Å²) in [6.45, 7) is 6.03. The molecule has 4 nitrogen and oxygen atoms in total. The van der Waals surface area contributed by atoms with E-state index in [2.05, 4.69) is 11.1 Å². The largest absolute Gasteiger partial charge is 0.309 e. The molecule has 0 N–H and O–H groups in total. The number of aliphatic imine (C=N–C) groups is 1. The van der Waals surface area contributed by atoms with Crippen LogP contribution in [0.3, 0.4) is 0 Å². The first-order valence-electron chi connectivity index (χ1n) is 7.73. The van der Waals surface area contributed by atoms with E-state index in [-0.39, 0.29) is 11.2 Å². The van der Waals surface area contributed by atoms with Gasteiger partial charge in [-0.1, -0.05) is 24.3 Å². The Labute approximate surface area is 140 Å². The monoisotopic (exact) mass is 318 g/mol. The first-order chi connectivity index (χ1) is 11.5. The molecule has 0 aliphatic rings. The molecule has 4 heteroatoms. The van der Waals surface area contributed by atoms with Crippen LogP contribution in [0.1, 0.15) is 16.7 Å². The highest BCUT2D eigenvalue weighted by Crippen LogP contribution is 2.37. The van der Waals surface area contributed by atoms with Crippen LogP contribution in [0.5, 0.6) is 0 Å². The van der Waals surface area contributed by atoms with Crippen molar-refractivity contribution in [2.75, 3.05) is 0 Å². The second kappa shape index (κ2) is 5.91. The molecule has 0 atom stereocenters. The van der Waals surface area contributed by atoms with E-state index in [9.17, 15) is 9.59 Å². The lowest BCUT2D eigenvalue weighted by molar-refractivity contribution is 0.565. The first-order valence-corrected chi connectivity index (χ1v) is 7.73. The minimum atomic E-state index is -0.299. The molecule has 0 saturated heterocycles. The van der Waals surface area contributed by atoms with Gasteiger partial charge in [-0.3, -0.25) is 4.79 Å². The summed E-state index contributed by atoms with van der Waals surface area (Å²) in [6, 6.07) is 11.8. The first kappa shape index (κ1) is 15.9. The normalized spacial score (nSPS) is 10.7. The van der Waals surface area contributed by atoms with Gasteiger partial charge in [0.25, 0.3) is 5.56 Å². The minimum absolute atomic E-state index is 0.137. The third kappa shape index (κ3) is 2.38. The highest BCUT2D eigenvalue weighted by molar-refractivity contribution is 6.01. The number of isocyanates is 1. The Bertz CT molecular complexity index is 1070. The summed E-state index contributed by atoms with van der Waals surface area (Å²) in [5.74, 6) is 0. The number of hydrogen-bond donors (Lipinski definition) is 0. The molecule has 0 radical (unpaired) electrons. The van der Waals surface area contributed by atoms with Crippen LogP contribution in [0.25, 0.3) is 22.0 Å². The van der Waals surface area contributed by atoms with Crippen LogP contribution in [0.4, 0.5) is 5.69 Å². The Balaban J connectivity index is 2.63. The van der Waals surface area contributed by atoms with Crippen LogP contribution in [0, 0.1) is 20.8 Å². The number of aryl methyl sites for hydroxylation is 4. The molecular weight excluding hydrogens is 300 g/mol. The second-order valence-electron chi connectivity index (χ2n) is 6.06. The molecule has 3 aromatic rings. The van der Waals surface area contributed by atoms with Crippen molar-refractivity contribution in [1.82, 2.24) is 4.57 Å². The molecule has 24 heavy (non-hydrogen) atoms. The van der Waals surface area contributed by atoms with E-state index >= 15 is 0 Å². The smallest absolute Gasteiger partial charge is 0.278 e. The summed E-state index contributed by atoms with van der Waals surface area (Å²) in [7, 11) is 1.70. The topological polar surface area (TPSA) is 51.4 Å². The Hall–Kier alpha value is -2.97. The summed E-state index contributed by atoms with van der Waals surface area (Å²) in [4.78, 5) is 27.4. The van der Waals surface area contributed by atoms with Crippen molar-refractivity contribution in [3.8, 4) is 11.1 Å². The van der Waals surface area contributed by atoms with Gasteiger partial charge in [0.15, 0.2) is 0 Å². The van der Waals surface area contributed by atoms with Gasteiger partial charge in [-0.05, 0) is 55.2 Å². The molecule has 0 aliphatic carbocycles. The maximum atomic E-state index is 12.8. The number of aromatic nitrogens is 1. The zero-order valence-electron chi connectivity index (χ0n) is 14.2. The number of pyridine rings is 1. The lowest BCUT2D eigenvalue weighted by Crippen LogP contribution is -2.18. The second-order valence-corrected chi connectivity index (χ2v) is 6.06. The molecular formula is C20H18N2O2. The maximum Gasteiger partial charge on any atom is 0.278 e. The summed E-state index contributed by atoms with van der Waals surface area (Å²) in [6.07, 6.45) is 1.53. The summed E-state index contributed by atoms with van der Waals surface area (Å²) >= 11 is 0. The van der Waals surface area contributed by atoms with Crippen LogP contribution in [0.15, 0.2) is 46.2 Å². The van der Waals surface area contributed by atoms with E-state index in [1.54, 1.807) is 11.6 Å². The van der Waals surface area contributed by atoms with Crippen LogP contribution < -0.4 is 5.56 Å². The van der Waals surface area contributed by atoms with Gasteiger partial charge in [0.05, 0.1) is 5.52 Å². The van der Waals surface area contributed by atoms with Crippen LogP contribution in [-0.2, 0) is 11.8 Å². The third-order valence-electron chi connectivity index (χ3n) is 4.56. The van der Waals surface area contributed by atoms with Crippen molar-refractivity contribution in [2.24, 2.45) is 12.0 Å². The van der Waals surface area contributed by atoms with E-state index in [1.807, 2.05) is 51.1 Å². The van der Waals surface area contributed by atoms with Crippen molar-refractivity contribution < 1.29 is 4.79 Å². The van der Waals surface area contributed by atoms with Gasteiger partial charge in [-0.2, -0.15) is 4.99 Å². The van der Waals surface area contributed by atoms with E-state index < -0.39 is 0 Å². The number of benzene rings is 2. The minimum Gasteiger partial charge on any atom is -0.309 e. The van der Waals surface area contributed by atoms with Gasteiger partial charge in [0.2, 0.25) is 6.08 Å². The maximum absolute atomic E-state index is 12.8. The lowest BCUT2D eigenvalue weighted by Gasteiger charge is -2.16. The van der Waals surface area contributed by atoms with E-state index in [0.29, 0.717) is 5.56 Å². The Morgan fingerprint density at radius 2 is 1.67 bits per heavy atom. The molecule has 0 spiro atoms. The van der Waals surface area contributed by atoms with E-state index in [1.165, 1.54) is 6.08 Å². The van der Waals surface area contributed by atoms with Crippen LogP contribution in [0.2, 0.25) is 0 Å². The van der Waals surface area contributed by atoms with Gasteiger partial charge in [-0.15, -0.1) is 0 Å². The predicted octanol–water partition coefficient (Wildman–Crippen LogP) is 4.10. The van der Waals surface area contributed by atoms with Gasteiger partial charge in [-0.25, -0.2) is 4.79 Å². The van der Waals surface area contributed by atoms with Gasteiger partial charge in [0.1, 0.15) is 5.69 Å². The highest BCUT2D eigenvalue weighted by atomic mass is 16.1. The zero-order chi connectivity index (χ0) is 17.4. The van der Waals surface area contributed by atoms with Crippen molar-refractivity contribution in [2.45, 2.75) is 20.8 Å². The van der Waals surface area contributed by atoms with Crippen molar-refractivity contribution >= 4 is 22.7 Å². The molecule has 2 aromatic carbocycles. The summed E-state index contributed by atoms with van der Waals surface area (Å²) < 4.78 is 1.54. The summed E-state index contributed by atoms with van der Waals surface area (Å²) in [5.41, 5.74) is 5.51. The molecule has 1 aromatic heterocycles. The molecule has 3 rings (SSSR count). The molecule has 1 heterocycles. The van der Waals surface area contributed by atoms with Gasteiger partial charge < -0.3 is 4.57 Å². The fourth-order valence-electron chi connectivity index (χ4n) is 3.06. The number of nitrogens with zero attached hydrogens (tertiary/aromatic N) is 2. The molecule has 0 bridgehead atoms. The lowest BCUT2D eigenvalue weighted by atomic mass is 9.93. The molecule has 0 unspecified atom stereocenters. The zero-order valence-corrected chi connectivity index (χ0v) is 14.2. The number of carbonyl (C=O) groups excluding carboxylic acids is 1. The Kier molecular flexibility index (Phi) is 3.92. The molecule has 0 saturated carbocycles. The number of hydrogen-bond acceptors (Lipinski definition) is 3. The van der Waals surface area contributed by atoms with Gasteiger partial charge in [0, 0.05) is 18.0 Å². The van der Waals surface area contributed by atoms with Crippen molar-refractivity contribution in [1.29, 1.82) is 0 Å². The fourth-order valence-corrected chi connectivity index (χ4v) is 3.06. The highest BCUT2D eigenvalue weighted by Gasteiger charge is 2.18. The quantitative estimate of drug-likeness (QED) is 0.527. The van der Waals surface area contributed by atoms with E-state index in [4.69, 9.17) is 0 Å².